The van der Waals surface area contributed by atoms with Crippen molar-refractivity contribution < 1.29 is 28.9 Å². The summed E-state index contributed by atoms with van der Waals surface area (Å²) in [4.78, 5) is 23.0. The molecule has 2 N–H and O–H groups in total. The maximum Gasteiger partial charge on any atom is 0.344 e. The van der Waals surface area contributed by atoms with Crippen molar-refractivity contribution in [3.63, 3.8) is 0 Å². The van der Waals surface area contributed by atoms with Crippen molar-refractivity contribution in [2.24, 2.45) is 5.10 Å². The van der Waals surface area contributed by atoms with Gasteiger partial charge in [0.1, 0.15) is 5.75 Å². The minimum absolute atomic E-state index is 0.206. The summed E-state index contributed by atoms with van der Waals surface area (Å²) >= 11 is 6.68. The fraction of sp³-hybridized carbons (Fsp3) is 0.211. The Balaban J connectivity index is 2.01. The number of ether oxygens (including phenoxy) is 3. The first kappa shape index (κ1) is 22.7. The van der Waals surface area contributed by atoms with Crippen molar-refractivity contribution in [3.05, 3.63) is 50.9 Å². The lowest BCUT2D eigenvalue weighted by atomic mass is 10.2. The Morgan fingerprint density at radius 3 is 2.66 bits per heavy atom. The van der Waals surface area contributed by atoms with Crippen LogP contribution in [0, 0.1) is 0 Å². The van der Waals surface area contributed by atoms with Gasteiger partial charge < -0.3 is 19.3 Å². The van der Waals surface area contributed by atoms with E-state index in [-0.39, 0.29) is 12.4 Å². The van der Waals surface area contributed by atoms with Gasteiger partial charge in [0.25, 0.3) is 5.91 Å². The van der Waals surface area contributed by atoms with Gasteiger partial charge in [-0.3, -0.25) is 4.79 Å². The number of aliphatic carboxylic acids is 1. The standard InChI is InChI=1S/C19H18Br2N2O6/c1-11(19(25)26)29-18-12(4-3-5-16(18)27-2)9-22-23-17(24)10-28-15-7-6-13(20)8-14(15)21/h3-9,11H,10H2,1-2H3,(H,23,24)(H,25,26)/b22-9+/t11-/m0/s1. The Kier molecular flexibility index (Phi) is 8.47. The Labute approximate surface area is 184 Å². The molecule has 2 rings (SSSR count). The van der Waals surface area contributed by atoms with E-state index in [0.717, 1.165) is 4.47 Å². The Morgan fingerprint density at radius 2 is 2.00 bits per heavy atom. The molecule has 2 aromatic rings. The molecule has 154 valence electrons. The third-order valence-electron chi connectivity index (χ3n) is 3.52. The highest BCUT2D eigenvalue weighted by molar-refractivity contribution is 9.11. The molecule has 0 unspecified atom stereocenters. The van der Waals surface area contributed by atoms with Crippen LogP contribution in [0.3, 0.4) is 0 Å². The second-order valence-electron chi connectivity index (χ2n) is 5.63. The first-order valence-electron chi connectivity index (χ1n) is 8.28. The number of hydrazone groups is 1. The predicted octanol–water partition coefficient (Wildman–Crippen LogP) is 3.60. The van der Waals surface area contributed by atoms with E-state index in [1.807, 2.05) is 0 Å². The number of nitrogens with zero attached hydrogens (tertiary/aromatic N) is 1. The average Bonchev–Trinajstić information content (AvgIpc) is 2.68. The fourth-order valence-corrected chi connectivity index (χ4v) is 3.25. The monoisotopic (exact) mass is 528 g/mol. The van der Waals surface area contributed by atoms with Crippen LogP contribution in [0.5, 0.6) is 17.2 Å². The van der Waals surface area contributed by atoms with Crippen LogP contribution >= 0.6 is 31.9 Å². The van der Waals surface area contributed by atoms with E-state index < -0.39 is 18.0 Å². The van der Waals surface area contributed by atoms with Crippen molar-refractivity contribution in [1.29, 1.82) is 0 Å². The fourth-order valence-electron chi connectivity index (χ4n) is 2.09. The number of carbonyl (C=O) groups excluding carboxylic acids is 1. The topological polar surface area (TPSA) is 106 Å². The van der Waals surface area contributed by atoms with Crippen LogP contribution in [-0.2, 0) is 9.59 Å². The third kappa shape index (κ3) is 6.75. The van der Waals surface area contributed by atoms with E-state index >= 15 is 0 Å². The number of methoxy groups -OCH3 is 1. The molecule has 0 aliphatic rings. The van der Waals surface area contributed by atoms with E-state index in [1.54, 1.807) is 36.4 Å². The number of benzene rings is 2. The molecule has 2 aromatic carbocycles. The molecule has 8 nitrogen and oxygen atoms in total. The van der Waals surface area contributed by atoms with Crippen LogP contribution < -0.4 is 19.6 Å². The van der Waals surface area contributed by atoms with E-state index in [0.29, 0.717) is 21.5 Å². The summed E-state index contributed by atoms with van der Waals surface area (Å²) in [6.07, 6.45) is 0.241. The van der Waals surface area contributed by atoms with Gasteiger partial charge in [-0.15, -0.1) is 0 Å². The van der Waals surface area contributed by atoms with Crippen molar-refractivity contribution in [2.75, 3.05) is 13.7 Å². The number of halogens is 2. The summed E-state index contributed by atoms with van der Waals surface area (Å²) in [6, 6.07) is 10.3. The van der Waals surface area contributed by atoms with E-state index in [4.69, 9.17) is 19.3 Å². The molecule has 0 aliphatic carbocycles. The molecule has 0 bridgehead atoms. The lowest BCUT2D eigenvalue weighted by Crippen LogP contribution is -2.25. The second kappa shape index (κ2) is 10.8. The second-order valence-corrected chi connectivity index (χ2v) is 7.40. The Hall–Kier alpha value is -2.59. The zero-order chi connectivity index (χ0) is 21.4. The van der Waals surface area contributed by atoms with E-state index in [1.165, 1.54) is 20.2 Å². The van der Waals surface area contributed by atoms with Gasteiger partial charge in [0, 0.05) is 10.0 Å². The average molecular weight is 530 g/mol. The number of hydrogen-bond donors (Lipinski definition) is 2. The lowest BCUT2D eigenvalue weighted by molar-refractivity contribution is -0.144. The SMILES string of the molecule is COc1cccc(/C=N/NC(=O)COc2ccc(Br)cc2Br)c1O[C@@H](C)C(=O)O. The van der Waals surface area contributed by atoms with Crippen LogP contribution in [0.25, 0.3) is 0 Å². The number of para-hydroxylation sites is 1. The van der Waals surface area contributed by atoms with Gasteiger partial charge in [0.05, 0.1) is 17.8 Å². The van der Waals surface area contributed by atoms with Crippen molar-refractivity contribution in [3.8, 4) is 17.2 Å². The molecule has 1 amide bonds. The van der Waals surface area contributed by atoms with Gasteiger partial charge in [-0.2, -0.15) is 5.10 Å². The summed E-state index contributed by atoms with van der Waals surface area (Å²) < 4.78 is 17.7. The van der Waals surface area contributed by atoms with Gasteiger partial charge in [-0.05, 0) is 53.2 Å². The zero-order valence-corrected chi connectivity index (χ0v) is 18.7. The first-order chi connectivity index (χ1) is 13.8. The molecule has 0 saturated carbocycles. The highest BCUT2D eigenvalue weighted by Crippen LogP contribution is 2.31. The van der Waals surface area contributed by atoms with Crippen molar-refractivity contribution in [2.45, 2.75) is 13.0 Å². The summed E-state index contributed by atoms with van der Waals surface area (Å²) in [5, 5.41) is 12.9. The minimum Gasteiger partial charge on any atom is -0.493 e. The number of amides is 1. The third-order valence-corrected chi connectivity index (χ3v) is 4.63. The Bertz CT molecular complexity index is 920. The molecular weight excluding hydrogens is 512 g/mol. The summed E-state index contributed by atoms with van der Waals surface area (Å²) in [7, 11) is 1.44. The number of hydrogen-bond acceptors (Lipinski definition) is 6. The van der Waals surface area contributed by atoms with E-state index in [9.17, 15) is 9.59 Å². The van der Waals surface area contributed by atoms with Crippen LogP contribution in [0.2, 0.25) is 0 Å². The molecular formula is C19H18Br2N2O6. The number of nitrogens with one attached hydrogen (secondary N) is 1. The van der Waals surface area contributed by atoms with Gasteiger partial charge in [-0.1, -0.05) is 22.0 Å². The maximum atomic E-state index is 12.0. The smallest absolute Gasteiger partial charge is 0.344 e. The lowest BCUT2D eigenvalue weighted by Gasteiger charge is -2.15. The number of carboxylic acid groups (broad SMARTS) is 1. The molecule has 0 aliphatic heterocycles. The van der Waals surface area contributed by atoms with Crippen LogP contribution in [0.4, 0.5) is 0 Å². The van der Waals surface area contributed by atoms with Gasteiger partial charge in [-0.25, -0.2) is 10.2 Å². The predicted molar refractivity (Wildman–Crippen MR) is 114 cm³/mol. The highest BCUT2D eigenvalue weighted by Gasteiger charge is 2.18. The van der Waals surface area contributed by atoms with Gasteiger partial charge in [0.15, 0.2) is 24.2 Å². The van der Waals surface area contributed by atoms with Gasteiger partial charge in [0.2, 0.25) is 0 Å². The summed E-state index contributed by atoms with van der Waals surface area (Å²) in [5.41, 5.74) is 2.78. The zero-order valence-electron chi connectivity index (χ0n) is 15.5. The molecule has 29 heavy (non-hydrogen) atoms. The molecule has 0 saturated heterocycles. The summed E-state index contributed by atoms with van der Waals surface area (Å²) in [6.45, 7) is 1.16. The highest BCUT2D eigenvalue weighted by atomic mass is 79.9. The van der Waals surface area contributed by atoms with Crippen molar-refractivity contribution in [1.82, 2.24) is 5.43 Å². The van der Waals surface area contributed by atoms with Crippen LogP contribution in [0.15, 0.2) is 50.4 Å². The van der Waals surface area contributed by atoms with E-state index in [2.05, 4.69) is 42.4 Å². The Morgan fingerprint density at radius 1 is 1.24 bits per heavy atom. The minimum atomic E-state index is -1.12. The largest absolute Gasteiger partial charge is 0.493 e. The first-order valence-corrected chi connectivity index (χ1v) is 9.86. The molecule has 0 spiro atoms. The molecule has 1 atom stereocenters. The maximum absolute atomic E-state index is 12.0. The number of carbonyl (C=O) groups is 2. The number of rotatable bonds is 9. The molecule has 0 radical (unpaired) electrons. The summed E-state index contributed by atoms with van der Waals surface area (Å²) in [5.74, 6) is -0.531. The van der Waals surface area contributed by atoms with Crippen LogP contribution in [0.1, 0.15) is 12.5 Å². The van der Waals surface area contributed by atoms with Gasteiger partial charge >= 0.3 is 5.97 Å². The molecule has 10 heteroatoms. The van der Waals surface area contributed by atoms with Crippen LogP contribution in [-0.4, -0.2) is 43.0 Å². The molecule has 0 fully saturated rings. The quantitative estimate of drug-likeness (QED) is 0.379. The van der Waals surface area contributed by atoms with Crippen molar-refractivity contribution >= 4 is 50.0 Å². The number of carboxylic acids is 1. The normalized spacial score (nSPS) is 11.7. The molecule has 0 heterocycles. The molecule has 0 aromatic heterocycles.